The fourth-order valence-electron chi connectivity index (χ4n) is 1.76. The van der Waals surface area contributed by atoms with Crippen LogP contribution in [0.3, 0.4) is 0 Å². The number of hydrogen-bond acceptors (Lipinski definition) is 3. The second-order valence-corrected chi connectivity index (χ2v) is 3.31. The molecule has 0 aliphatic heterocycles. The summed E-state index contributed by atoms with van der Waals surface area (Å²) < 4.78 is 0. The van der Waals surface area contributed by atoms with Crippen LogP contribution in [0.4, 0.5) is 0 Å². The van der Waals surface area contributed by atoms with Gasteiger partial charge in [-0.05, 0) is 12.5 Å². The molecule has 0 aromatic carbocycles. The molecule has 2 N–H and O–H groups in total. The largest absolute Gasteiger partial charge is 0.402 e. The fraction of sp³-hybridized carbons (Fsp3) is 0.200. The van der Waals surface area contributed by atoms with E-state index >= 15 is 0 Å². The van der Waals surface area contributed by atoms with Gasteiger partial charge in [0.1, 0.15) is 0 Å². The SMILES string of the molecule is NC1=CC=C([N+](=O)[O-])C2=CC=CCC12. The Labute approximate surface area is 81.2 Å². The molecule has 4 nitrogen and oxygen atoms in total. The van der Waals surface area contributed by atoms with Gasteiger partial charge < -0.3 is 5.73 Å². The Morgan fingerprint density at radius 2 is 2.21 bits per heavy atom. The molecular weight excluding hydrogens is 180 g/mol. The summed E-state index contributed by atoms with van der Waals surface area (Å²) in [6, 6.07) is 0. The number of nitrogens with two attached hydrogens (primary N) is 1. The molecule has 4 heteroatoms. The number of nitrogens with zero attached hydrogens (tertiary/aromatic N) is 1. The molecule has 1 unspecified atom stereocenters. The van der Waals surface area contributed by atoms with Gasteiger partial charge in [-0.25, -0.2) is 0 Å². The summed E-state index contributed by atoms with van der Waals surface area (Å²) in [5.41, 5.74) is 7.35. The monoisotopic (exact) mass is 190 g/mol. The maximum absolute atomic E-state index is 10.7. The molecule has 0 fully saturated rings. The maximum atomic E-state index is 10.7. The van der Waals surface area contributed by atoms with Crippen LogP contribution in [0.15, 0.2) is 47.3 Å². The van der Waals surface area contributed by atoms with Gasteiger partial charge in [0.2, 0.25) is 0 Å². The van der Waals surface area contributed by atoms with Crippen LogP contribution in [0.1, 0.15) is 6.42 Å². The van der Waals surface area contributed by atoms with Gasteiger partial charge in [-0.3, -0.25) is 10.1 Å². The molecule has 2 rings (SSSR count). The van der Waals surface area contributed by atoms with Gasteiger partial charge in [-0.1, -0.05) is 18.2 Å². The molecule has 0 aromatic heterocycles. The van der Waals surface area contributed by atoms with Crippen LogP contribution in [0.5, 0.6) is 0 Å². The highest BCUT2D eigenvalue weighted by Gasteiger charge is 2.30. The van der Waals surface area contributed by atoms with Crippen LogP contribution in [-0.2, 0) is 0 Å². The third-order valence-corrected chi connectivity index (χ3v) is 2.49. The van der Waals surface area contributed by atoms with Crippen LogP contribution < -0.4 is 5.73 Å². The molecule has 0 amide bonds. The molecule has 0 heterocycles. The molecule has 0 saturated carbocycles. The Balaban J connectivity index is 2.47. The third-order valence-electron chi connectivity index (χ3n) is 2.49. The predicted octanol–water partition coefficient (Wildman–Crippen LogP) is 1.51. The van der Waals surface area contributed by atoms with Gasteiger partial charge >= 0.3 is 0 Å². The highest BCUT2D eigenvalue weighted by atomic mass is 16.6. The quantitative estimate of drug-likeness (QED) is 0.503. The molecule has 2 aliphatic rings. The summed E-state index contributed by atoms with van der Waals surface area (Å²) in [7, 11) is 0. The van der Waals surface area contributed by atoms with E-state index in [1.165, 1.54) is 6.08 Å². The van der Waals surface area contributed by atoms with E-state index in [9.17, 15) is 10.1 Å². The first-order valence-electron chi connectivity index (χ1n) is 4.39. The second-order valence-electron chi connectivity index (χ2n) is 3.31. The molecule has 0 bridgehead atoms. The lowest BCUT2D eigenvalue weighted by molar-refractivity contribution is -0.421. The van der Waals surface area contributed by atoms with E-state index in [1.807, 2.05) is 12.2 Å². The van der Waals surface area contributed by atoms with E-state index in [2.05, 4.69) is 0 Å². The van der Waals surface area contributed by atoms with E-state index in [-0.39, 0.29) is 16.5 Å². The Hall–Kier alpha value is -1.84. The van der Waals surface area contributed by atoms with Crippen molar-refractivity contribution in [3.05, 3.63) is 57.5 Å². The van der Waals surface area contributed by atoms with Crippen molar-refractivity contribution in [2.75, 3.05) is 0 Å². The molecule has 0 saturated heterocycles. The maximum Gasteiger partial charge on any atom is 0.273 e. The summed E-state index contributed by atoms with van der Waals surface area (Å²) in [5, 5.41) is 10.7. The predicted molar refractivity (Wildman–Crippen MR) is 52.7 cm³/mol. The number of fused-ring (bicyclic) bond motifs is 1. The van der Waals surface area contributed by atoms with Gasteiger partial charge in [-0.2, -0.15) is 0 Å². The molecular formula is C10H10N2O2. The van der Waals surface area contributed by atoms with Crippen LogP contribution in [-0.4, -0.2) is 4.92 Å². The summed E-state index contributed by atoms with van der Waals surface area (Å²) in [4.78, 5) is 10.4. The number of nitro groups is 1. The van der Waals surface area contributed by atoms with Crippen molar-refractivity contribution in [3.63, 3.8) is 0 Å². The van der Waals surface area contributed by atoms with Crippen LogP contribution in [0, 0.1) is 16.0 Å². The van der Waals surface area contributed by atoms with E-state index < -0.39 is 0 Å². The first kappa shape index (κ1) is 8.74. The highest BCUT2D eigenvalue weighted by molar-refractivity contribution is 5.44. The Morgan fingerprint density at radius 1 is 1.43 bits per heavy atom. The zero-order valence-corrected chi connectivity index (χ0v) is 7.51. The normalized spacial score (nSPS) is 24.6. The minimum Gasteiger partial charge on any atom is -0.402 e. The lowest BCUT2D eigenvalue weighted by Crippen LogP contribution is -2.22. The van der Waals surface area contributed by atoms with Gasteiger partial charge in [0.05, 0.1) is 4.92 Å². The topological polar surface area (TPSA) is 69.2 Å². The standard InChI is InChI=1S/C10H10N2O2/c11-9-5-6-10(12(13)14)8-4-2-1-3-7(8)9/h1-2,4-7H,3,11H2. The zero-order valence-electron chi connectivity index (χ0n) is 7.51. The van der Waals surface area contributed by atoms with E-state index in [0.29, 0.717) is 5.70 Å². The summed E-state index contributed by atoms with van der Waals surface area (Å²) >= 11 is 0. The van der Waals surface area contributed by atoms with Gasteiger partial charge in [0, 0.05) is 23.3 Å². The number of allylic oxidation sites excluding steroid dienone is 7. The van der Waals surface area contributed by atoms with Crippen molar-refractivity contribution in [2.24, 2.45) is 11.7 Å². The first-order valence-corrected chi connectivity index (χ1v) is 4.39. The molecule has 2 aliphatic carbocycles. The van der Waals surface area contributed by atoms with Crippen molar-refractivity contribution < 1.29 is 4.92 Å². The Morgan fingerprint density at radius 3 is 2.93 bits per heavy atom. The minimum atomic E-state index is -0.360. The average molecular weight is 190 g/mol. The molecule has 14 heavy (non-hydrogen) atoms. The summed E-state index contributed by atoms with van der Waals surface area (Å²) in [5.74, 6) is -0.00889. The smallest absolute Gasteiger partial charge is 0.273 e. The lowest BCUT2D eigenvalue weighted by Gasteiger charge is -2.22. The van der Waals surface area contributed by atoms with Crippen molar-refractivity contribution in [1.82, 2.24) is 0 Å². The first-order chi connectivity index (χ1) is 6.70. The Kier molecular flexibility index (Phi) is 1.96. The minimum absolute atomic E-state index is 0.00889. The van der Waals surface area contributed by atoms with Gasteiger partial charge in [-0.15, -0.1) is 0 Å². The van der Waals surface area contributed by atoms with Gasteiger partial charge in [0.15, 0.2) is 0 Å². The second kappa shape index (κ2) is 3.14. The van der Waals surface area contributed by atoms with Crippen LogP contribution >= 0.6 is 0 Å². The van der Waals surface area contributed by atoms with Gasteiger partial charge in [0.25, 0.3) is 5.70 Å². The molecule has 72 valence electrons. The summed E-state index contributed by atoms with van der Waals surface area (Å²) in [6.07, 6.45) is 9.41. The lowest BCUT2D eigenvalue weighted by atomic mass is 9.84. The molecule has 0 radical (unpaired) electrons. The average Bonchev–Trinajstić information content (AvgIpc) is 2.18. The van der Waals surface area contributed by atoms with Crippen LogP contribution in [0.2, 0.25) is 0 Å². The zero-order chi connectivity index (χ0) is 10.1. The van der Waals surface area contributed by atoms with Crippen molar-refractivity contribution in [1.29, 1.82) is 0 Å². The van der Waals surface area contributed by atoms with Crippen molar-refractivity contribution >= 4 is 0 Å². The highest BCUT2D eigenvalue weighted by Crippen LogP contribution is 2.33. The Bertz CT molecular complexity index is 402. The molecule has 1 atom stereocenters. The third kappa shape index (κ3) is 1.25. The molecule has 0 spiro atoms. The van der Waals surface area contributed by atoms with Crippen molar-refractivity contribution in [3.8, 4) is 0 Å². The number of hydrogen-bond donors (Lipinski definition) is 1. The number of rotatable bonds is 1. The van der Waals surface area contributed by atoms with E-state index in [1.54, 1.807) is 12.2 Å². The van der Waals surface area contributed by atoms with E-state index in [0.717, 1.165) is 12.0 Å². The molecule has 0 aromatic rings. The van der Waals surface area contributed by atoms with Crippen LogP contribution in [0.25, 0.3) is 0 Å². The fourth-order valence-corrected chi connectivity index (χ4v) is 1.76. The van der Waals surface area contributed by atoms with E-state index in [4.69, 9.17) is 5.73 Å². The van der Waals surface area contributed by atoms with Crippen molar-refractivity contribution in [2.45, 2.75) is 6.42 Å². The summed E-state index contributed by atoms with van der Waals surface area (Å²) in [6.45, 7) is 0.